The lowest BCUT2D eigenvalue weighted by Crippen LogP contribution is -2.06. The predicted octanol–water partition coefficient (Wildman–Crippen LogP) is 4.69. The summed E-state index contributed by atoms with van der Waals surface area (Å²) >= 11 is 1.64. The molecule has 0 saturated carbocycles. The van der Waals surface area contributed by atoms with Crippen LogP contribution in [0.3, 0.4) is 0 Å². The Morgan fingerprint density at radius 3 is 2.64 bits per heavy atom. The minimum absolute atomic E-state index is 0.598. The zero-order valence-electron chi connectivity index (χ0n) is 13.5. The van der Waals surface area contributed by atoms with Crippen molar-refractivity contribution in [3.8, 4) is 0 Å². The van der Waals surface area contributed by atoms with E-state index in [1.165, 1.54) is 0 Å². The van der Waals surface area contributed by atoms with Gasteiger partial charge in [-0.15, -0.1) is 11.3 Å². The van der Waals surface area contributed by atoms with Gasteiger partial charge in [0.05, 0.1) is 29.4 Å². The van der Waals surface area contributed by atoms with Gasteiger partial charge in [0.1, 0.15) is 5.82 Å². The summed E-state index contributed by atoms with van der Waals surface area (Å²) in [5, 5.41) is 10.8. The normalized spacial score (nSPS) is 12.2. The van der Waals surface area contributed by atoms with Crippen LogP contribution in [-0.4, -0.2) is 21.9 Å². The Bertz CT molecular complexity index is 981. The minimum atomic E-state index is 0.598. The fraction of sp³-hybridized carbons (Fsp3) is 0.0500. The van der Waals surface area contributed by atoms with Crippen LogP contribution in [0.5, 0.6) is 0 Å². The summed E-state index contributed by atoms with van der Waals surface area (Å²) in [7, 11) is 0. The summed E-state index contributed by atoms with van der Waals surface area (Å²) in [5.74, 6) is 0.884. The van der Waals surface area contributed by atoms with Gasteiger partial charge in [0.2, 0.25) is 0 Å². The van der Waals surface area contributed by atoms with Gasteiger partial charge >= 0.3 is 0 Å². The molecule has 4 rings (SSSR count). The second kappa shape index (κ2) is 7.23. The number of fused-ring (bicyclic) bond motifs is 1. The van der Waals surface area contributed by atoms with Crippen LogP contribution in [0.25, 0.3) is 11.0 Å². The number of hydrogen-bond acceptors (Lipinski definition) is 4. The number of hydrogen-bond donors (Lipinski definition) is 1. The number of imidazole rings is 1. The average molecular weight is 344 g/mol. The Hall–Kier alpha value is -3.05. The molecular weight excluding hydrogens is 328 g/mol. The van der Waals surface area contributed by atoms with Gasteiger partial charge in [0.15, 0.2) is 0 Å². The second-order valence-corrected chi connectivity index (χ2v) is 6.53. The molecule has 5 heteroatoms. The fourth-order valence-corrected chi connectivity index (χ4v) is 3.17. The van der Waals surface area contributed by atoms with Gasteiger partial charge in [0, 0.05) is 4.88 Å². The third-order valence-corrected chi connectivity index (χ3v) is 4.59. The Morgan fingerprint density at radius 1 is 1.00 bits per heavy atom. The van der Waals surface area contributed by atoms with Crippen molar-refractivity contribution in [2.75, 3.05) is 0 Å². The van der Waals surface area contributed by atoms with Crippen molar-refractivity contribution in [1.82, 2.24) is 9.97 Å². The lowest BCUT2D eigenvalue weighted by atomic mass is 10.1. The number of para-hydroxylation sites is 2. The van der Waals surface area contributed by atoms with E-state index >= 15 is 0 Å². The minimum Gasteiger partial charge on any atom is -0.342 e. The van der Waals surface area contributed by atoms with E-state index in [0.717, 1.165) is 33.0 Å². The predicted molar refractivity (Wildman–Crippen MR) is 105 cm³/mol. The number of benzene rings is 2. The van der Waals surface area contributed by atoms with Gasteiger partial charge in [-0.05, 0) is 29.1 Å². The molecule has 0 aliphatic carbocycles. The lowest BCUT2D eigenvalue weighted by molar-refractivity contribution is 1.08. The van der Waals surface area contributed by atoms with Crippen molar-refractivity contribution in [3.63, 3.8) is 0 Å². The first-order valence-electron chi connectivity index (χ1n) is 8.01. The molecule has 0 amide bonds. The van der Waals surface area contributed by atoms with E-state index < -0.39 is 0 Å². The first-order valence-corrected chi connectivity index (χ1v) is 8.89. The molecule has 1 N–H and O–H groups in total. The van der Waals surface area contributed by atoms with Gasteiger partial charge in [-0.3, -0.25) is 0 Å². The first kappa shape index (κ1) is 15.5. The van der Waals surface area contributed by atoms with Crippen LogP contribution in [0.1, 0.15) is 16.3 Å². The number of aromatic nitrogens is 2. The molecule has 0 unspecified atom stereocenters. The summed E-state index contributed by atoms with van der Waals surface area (Å²) in [6.45, 7) is 0. The standard InChI is InChI=1S/C20H16N4S/c1-2-7-15(8-3-1)19(24-21-14-16-9-6-12-25-16)13-20-22-17-10-4-5-11-18(17)23-20/h1-12,14H,13H2,(H,22,23)/b21-14-,24-19+. The average Bonchev–Trinajstić information content (AvgIpc) is 3.30. The van der Waals surface area contributed by atoms with Crippen molar-refractivity contribution < 1.29 is 0 Å². The molecule has 0 aliphatic rings. The summed E-state index contributed by atoms with van der Waals surface area (Å²) in [6, 6.07) is 22.1. The molecule has 0 atom stereocenters. The van der Waals surface area contributed by atoms with Crippen LogP contribution in [0.4, 0.5) is 0 Å². The highest BCUT2D eigenvalue weighted by molar-refractivity contribution is 7.11. The molecule has 122 valence electrons. The van der Waals surface area contributed by atoms with Crippen LogP contribution < -0.4 is 0 Å². The highest BCUT2D eigenvalue weighted by Gasteiger charge is 2.09. The van der Waals surface area contributed by atoms with Crippen LogP contribution in [0, 0.1) is 0 Å². The number of nitrogens with one attached hydrogen (secondary N) is 1. The maximum atomic E-state index is 4.65. The van der Waals surface area contributed by atoms with E-state index in [9.17, 15) is 0 Å². The van der Waals surface area contributed by atoms with Gasteiger partial charge < -0.3 is 4.98 Å². The number of rotatable bonds is 5. The molecule has 0 saturated heterocycles. The first-order chi connectivity index (χ1) is 12.4. The number of thiophene rings is 1. The van der Waals surface area contributed by atoms with Crippen molar-refractivity contribution in [2.24, 2.45) is 10.2 Å². The SMILES string of the molecule is C(=N/N=C(\Cc1nc2ccccc2[nH]1)c1ccccc1)/c1cccs1. The van der Waals surface area contributed by atoms with E-state index in [2.05, 4.69) is 20.2 Å². The molecule has 0 aliphatic heterocycles. The molecule has 2 heterocycles. The summed E-state index contributed by atoms with van der Waals surface area (Å²) in [6.07, 6.45) is 2.38. The van der Waals surface area contributed by atoms with E-state index in [-0.39, 0.29) is 0 Å². The Morgan fingerprint density at radius 2 is 1.84 bits per heavy atom. The molecule has 0 bridgehead atoms. The molecule has 0 spiro atoms. The van der Waals surface area contributed by atoms with Gasteiger partial charge in [0.25, 0.3) is 0 Å². The molecule has 4 nitrogen and oxygen atoms in total. The number of nitrogens with zero attached hydrogens (tertiary/aromatic N) is 3. The lowest BCUT2D eigenvalue weighted by Gasteiger charge is -2.03. The summed E-state index contributed by atoms with van der Waals surface area (Å²) in [4.78, 5) is 9.09. The molecule has 4 aromatic rings. The monoisotopic (exact) mass is 344 g/mol. The summed E-state index contributed by atoms with van der Waals surface area (Å²) < 4.78 is 0. The zero-order valence-corrected chi connectivity index (χ0v) is 14.3. The third kappa shape index (κ3) is 3.72. The third-order valence-electron chi connectivity index (χ3n) is 3.79. The van der Waals surface area contributed by atoms with Crippen LogP contribution >= 0.6 is 11.3 Å². The van der Waals surface area contributed by atoms with E-state index in [0.29, 0.717) is 6.42 Å². The summed E-state index contributed by atoms with van der Waals surface area (Å²) in [5.41, 5.74) is 3.93. The fourth-order valence-electron chi connectivity index (χ4n) is 2.59. The van der Waals surface area contributed by atoms with Crippen molar-refractivity contribution >= 4 is 34.3 Å². The number of H-pyrrole nitrogens is 1. The largest absolute Gasteiger partial charge is 0.342 e. The topological polar surface area (TPSA) is 53.4 Å². The zero-order chi connectivity index (χ0) is 16.9. The van der Waals surface area contributed by atoms with E-state index in [1.54, 1.807) is 17.6 Å². The van der Waals surface area contributed by atoms with Crippen LogP contribution in [0.15, 0.2) is 82.3 Å². The van der Waals surface area contributed by atoms with Crippen LogP contribution in [0.2, 0.25) is 0 Å². The molecule has 2 aromatic carbocycles. The van der Waals surface area contributed by atoms with Crippen molar-refractivity contribution in [2.45, 2.75) is 6.42 Å². The molecule has 0 radical (unpaired) electrons. The number of aromatic amines is 1. The van der Waals surface area contributed by atoms with Crippen molar-refractivity contribution in [3.05, 3.63) is 88.4 Å². The highest BCUT2D eigenvalue weighted by Crippen LogP contribution is 2.13. The maximum absolute atomic E-state index is 4.65. The van der Waals surface area contributed by atoms with Crippen molar-refractivity contribution in [1.29, 1.82) is 0 Å². The molecular formula is C20H16N4S. The Kier molecular flexibility index (Phi) is 4.48. The highest BCUT2D eigenvalue weighted by atomic mass is 32.1. The molecule has 0 fully saturated rings. The molecule has 25 heavy (non-hydrogen) atoms. The van der Waals surface area contributed by atoms with Crippen LogP contribution in [-0.2, 0) is 6.42 Å². The van der Waals surface area contributed by atoms with Gasteiger partial charge in [-0.2, -0.15) is 10.2 Å². The second-order valence-electron chi connectivity index (χ2n) is 5.55. The smallest absolute Gasteiger partial charge is 0.113 e. The van der Waals surface area contributed by atoms with Gasteiger partial charge in [-0.25, -0.2) is 4.98 Å². The molecule has 2 aromatic heterocycles. The quantitative estimate of drug-likeness (QED) is 0.414. The Labute approximate surface area is 149 Å². The maximum Gasteiger partial charge on any atom is 0.113 e. The Balaban J connectivity index is 1.65. The van der Waals surface area contributed by atoms with E-state index in [4.69, 9.17) is 0 Å². The van der Waals surface area contributed by atoms with E-state index in [1.807, 2.05) is 72.1 Å². The van der Waals surface area contributed by atoms with Gasteiger partial charge in [-0.1, -0.05) is 48.5 Å².